The molecule has 2 aromatic rings. The molecule has 0 N–H and O–H groups in total. The fraction of sp³-hybridized carbons (Fsp3) is 0.0625. The third-order valence-corrected chi connectivity index (χ3v) is 2.70. The number of carbonyl (C=O) groups is 2. The number of allylic oxidation sites excluding steroid dienone is 2. The third kappa shape index (κ3) is 3.22. The molecular formula is C16H13NO2. The van der Waals surface area contributed by atoms with Gasteiger partial charge in [0.1, 0.15) is 0 Å². The predicted molar refractivity (Wildman–Crippen MR) is 75.6 cm³/mol. The van der Waals surface area contributed by atoms with E-state index in [4.69, 9.17) is 0 Å². The zero-order chi connectivity index (χ0) is 13.7. The number of nitrogens with zero attached hydrogens (tertiary/aromatic N) is 1. The molecule has 0 bridgehead atoms. The number of hydrogen-bond acceptors (Lipinski definition) is 3. The van der Waals surface area contributed by atoms with E-state index < -0.39 is 0 Å². The molecular weight excluding hydrogens is 238 g/mol. The van der Waals surface area contributed by atoms with Crippen LogP contribution < -0.4 is 0 Å². The summed E-state index contributed by atoms with van der Waals surface area (Å²) in [5.74, 6) is -0.500. The van der Waals surface area contributed by atoms with Gasteiger partial charge in [0.15, 0.2) is 11.6 Å². The average Bonchev–Trinajstić information content (AvgIpc) is 2.44. The van der Waals surface area contributed by atoms with Gasteiger partial charge in [0.05, 0.1) is 11.9 Å². The number of pyridine rings is 1. The van der Waals surface area contributed by atoms with Crippen LogP contribution in [0.25, 0.3) is 17.0 Å². The molecule has 19 heavy (non-hydrogen) atoms. The number of aromatic nitrogens is 1. The van der Waals surface area contributed by atoms with Gasteiger partial charge >= 0.3 is 0 Å². The summed E-state index contributed by atoms with van der Waals surface area (Å²) >= 11 is 0. The third-order valence-electron chi connectivity index (χ3n) is 2.70. The van der Waals surface area contributed by atoms with Crippen LogP contribution in [0.4, 0.5) is 0 Å². The zero-order valence-electron chi connectivity index (χ0n) is 10.4. The van der Waals surface area contributed by atoms with Crippen molar-refractivity contribution in [3.05, 3.63) is 60.8 Å². The molecule has 94 valence electrons. The Labute approximate surface area is 111 Å². The first-order valence-corrected chi connectivity index (χ1v) is 5.90. The molecule has 2 rings (SSSR count). The first-order chi connectivity index (χ1) is 9.20. The number of rotatable bonds is 5. The average molecular weight is 251 g/mol. The lowest BCUT2D eigenvalue weighted by Gasteiger charge is -2.00. The Bertz CT molecular complexity index is 666. The topological polar surface area (TPSA) is 47.0 Å². The molecule has 1 aromatic heterocycles. The van der Waals surface area contributed by atoms with E-state index in [1.807, 2.05) is 30.3 Å². The van der Waals surface area contributed by atoms with Crippen LogP contribution >= 0.6 is 0 Å². The molecule has 1 aromatic carbocycles. The molecule has 0 spiro atoms. The highest BCUT2D eigenvalue weighted by Crippen LogP contribution is 2.17. The largest absolute Gasteiger partial charge is 0.294 e. The van der Waals surface area contributed by atoms with Gasteiger partial charge in [0.2, 0.25) is 0 Å². The van der Waals surface area contributed by atoms with Gasteiger partial charge in [-0.15, -0.1) is 0 Å². The monoisotopic (exact) mass is 251 g/mol. The van der Waals surface area contributed by atoms with Crippen LogP contribution in [-0.2, 0) is 9.59 Å². The molecule has 0 aliphatic heterocycles. The first-order valence-electron chi connectivity index (χ1n) is 5.90. The number of carbonyl (C=O) groups excluding carboxylic acids is 2. The van der Waals surface area contributed by atoms with Gasteiger partial charge < -0.3 is 0 Å². The lowest BCUT2D eigenvalue weighted by Crippen LogP contribution is -2.01. The molecule has 1 heterocycles. The Morgan fingerprint density at radius 3 is 2.79 bits per heavy atom. The fourth-order valence-electron chi connectivity index (χ4n) is 1.76. The Hall–Kier alpha value is -2.55. The second-order valence-corrected chi connectivity index (χ2v) is 4.06. The first kappa shape index (κ1) is 12.9. The van der Waals surface area contributed by atoms with E-state index in [9.17, 15) is 9.59 Å². The Morgan fingerprint density at radius 2 is 2.00 bits per heavy atom. The summed E-state index contributed by atoms with van der Waals surface area (Å²) in [6, 6.07) is 9.50. The van der Waals surface area contributed by atoms with Crippen molar-refractivity contribution in [2.24, 2.45) is 0 Å². The Balaban J connectivity index is 2.24. The minimum Gasteiger partial charge on any atom is -0.294 e. The normalized spacial score (nSPS) is 10.7. The summed E-state index contributed by atoms with van der Waals surface area (Å²) in [6.45, 7) is 3.34. The molecule has 0 unspecified atom stereocenters. The molecule has 0 saturated carbocycles. The van der Waals surface area contributed by atoms with Gasteiger partial charge in [0.25, 0.3) is 0 Å². The quantitative estimate of drug-likeness (QED) is 0.606. The van der Waals surface area contributed by atoms with Crippen LogP contribution in [0.3, 0.4) is 0 Å². The van der Waals surface area contributed by atoms with Crippen molar-refractivity contribution in [1.29, 1.82) is 0 Å². The second-order valence-electron chi connectivity index (χ2n) is 4.06. The van der Waals surface area contributed by atoms with Crippen LogP contribution in [0.1, 0.15) is 12.0 Å². The van der Waals surface area contributed by atoms with Crippen LogP contribution in [0.2, 0.25) is 0 Å². The lowest BCUT2D eigenvalue weighted by atomic mass is 10.1. The maximum absolute atomic E-state index is 11.6. The molecule has 0 radical (unpaired) electrons. The molecule has 0 atom stereocenters. The maximum atomic E-state index is 11.6. The molecule has 3 heteroatoms. The van der Waals surface area contributed by atoms with E-state index >= 15 is 0 Å². The van der Waals surface area contributed by atoms with E-state index in [2.05, 4.69) is 11.6 Å². The van der Waals surface area contributed by atoms with Crippen molar-refractivity contribution in [3.63, 3.8) is 0 Å². The van der Waals surface area contributed by atoms with Gasteiger partial charge in [-0.1, -0.05) is 30.9 Å². The van der Waals surface area contributed by atoms with Gasteiger partial charge in [-0.2, -0.15) is 0 Å². The van der Waals surface area contributed by atoms with Crippen LogP contribution in [-0.4, -0.2) is 16.6 Å². The SMILES string of the molecule is C=CC(=O)CC(=O)C=Cc1cccc2ncccc12. The summed E-state index contributed by atoms with van der Waals surface area (Å²) < 4.78 is 0. The highest BCUT2D eigenvalue weighted by atomic mass is 16.1. The van der Waals surface area contributed by atoms with Gasteiger partial charge in [-0.05, 0) is 29.8 Å². The summed E-state index contributed by atoms with van der Waals surface area (Å²) in [5, 5.41) is 0.976. The van der Waals surface area contributed by atoms with Crippen molar-refractivity contribution >= 4 is 28.5 Å². The van der Waals surface area contributed by atoms with Crippen molar-refractivity contribution in [3.8, 4) is 0 Å². The second kappa shape index (κ2) is 5.87. The lowest BCUT2D eigenvalue weighted by molar-refractivity contribution is -0.121. The van der Waals surface area contributed by atoms with E-state index in [1.165, 1.54) is 6.08 Å². The van der Waals surface area contributed by atoms with Crippen molar-refractivity contribution in [1.82, 2.24) is 4.98 Å². The molecule has 0 amide bonds. The summed E-state index contributed by atoms with van der Waals surface area (Å²) in [4.78, 5) is 26.9. The minimum atomic E-state index is -0.269. The highest BCUT2D eigenvalue weighted by Gasteiger charge is 2.03. The van der Waals surface area contributed by atoms with Crippen molar-refractivity contribution in [2.75, 3.05) is 0 Å². The van der Waals surface area contributed by atoms with Gasteiger partial charge in [0, 0.05) is 11.6 Å². The molecule has 0 aliphatic rings. The van der Waals surface area contributed by atoms with E-state index in [-0.39, 0.29) is 18.0 Å². The number of fused-ring (bicyclic) bond motifs is 1. The number of hydrogen-bond donors (Lipinski definition) is 0. The molecule has 3 nitrogen and oxygen atoms in total. The van der Waals surface area contributed by atoms with Crippen LogP contribution in [0.5, 0.6) is 0 Å². The standard InChI is InChI=1S/C16H13NO2/c1-2-13(18)11-14(19)9-8-12-5-3-7-16-15(12)6-4-10-17-16/h2-10H,1,11H2. The minimum absolute atomic E-state index is 0.136. The van der Waals surface area contributed by atoms with Gasteiger partial charge in [-0.3, -0.25) is 14.6 Å². The van der Waals surface area contributed by atoms with E-state index in [0.29, 0.717) is 0 Å². The van der Waals surface area contributed by atoms with Crippen molar-refractivity contribution in [2.45, 2.75) is 6.42 Å². The molecule has 0 saturated heterocycles. The highest BCUT2D eigenvalue weighted by molar-refractivity contribution is 6.10. The smallest absolute Gasteiger partial charge is 0.163 e. The summed E-state index contributed by atoms with van der Waals surface area (Å²) in [5.41, 5.74) is 1.78. The Morgan fingerprint density at radius 1 is 1.16 bits per heavy atom. The fourth-order valence-corrected chi connectivity index (χ4v) is 1.76. The molecule has 0 aliphatic carbocycles. The van der Waals surface area contributed by atoms with E-state index in [0.717, 1.165) is 22.5 Å². The zero-order valence-corrected chi connectivity index (χ0v) is 10.4. The maximum Gasteiger partial charge on any atom is 0.163 e. The van der Waals surface area contributed by atoms with Gasteiger partial charge in [-0.25, -0.2) is 0 Å². The summed E-state index contributed by atoms with van der Waals surface area (Å²) in [7, 11) is 0. The molecule has 0 fully saturated rings. The van der Waals surface area contributed by atoms with Crippen LogP contribution in [0.15, 0.2) is 55.3 Å². The summed E-state index contributed by atoms with van der Waals surface area (Å²) in [6.07, 6.45) is 5.88. The number of benzene rings is 1. The van der Waals surface area contributed by atoms with E-state index in [1.54, 1.807) is 12.3 Å². The van der Waals surface area contributed by atoms with Crippen LogP contribution in [0, 0.1) is 0 Å². The Kier molecular flexibility index (Phi) is 3.98. The van der Waals surface area contributed by atoms with Crippen molar-refractivity contribution < 1.29 is 9.59 Å². The predicted octanol–water partition coefficient (Wildman–Crippen LogP) is 2.96. The number of ketones is 2.